The molecule has 0 N–H and O–H groups in total. The number of hydrogen-bond acceptors (Lipinski definition) is 5. The third-order valence-corrected chi connectivity index (χ3v) is 6.13. The molecular weight excluding hydrogens is 416 g/mol. The fourth-order valence-electron chi connectivity index (χ4n) is 4.48. The van der Waals surface area contributed by atoms with Crippen LogP contribution in [0, 0.1) is 5.92 Å². The summed E-state index contributed by atoms with van der Waals surface area (Å²) in [6.07, 6.45) is 1.16. The van der Waals surface area contributed by atoms with Gasteiger partial charge in [-0.3, -0.25) is 14.4 Å². The first kappa shape index (κ1) is 21.2. The van der Waals surface area contributed by atoms with Gasteiger partial charge in [-0.25, -0.2) is 9.96 Å². The molecule has 6 heteroatoms. The maximum absolute atomic E-state index is 13.6. The second-order valence-electron chi connectivity index (χ2n) is 8.28. The van der Waals surface area contributed by atoms with Crippen LogP contribution in [0.25, 0.3) is 0 Å². The topological polar surface area (TPSA) is 59.1 Å². The normalized spacial score (nSPS) is 22.0. The molecule has 6 nitrogen and oxygen atoms in total. The van der Waals surface area contributed by atoms with E-state index in [4.69, 9.17) is 9.57 Å². The Morgan fingerprint density at radius 2 is 1.48 bits per heavy atom. The molecule has 0 spiro atoms. The van der Waals surface area contributed by atoms with Crippen molar-refractivity contribution in [2.45, 2.75) is 31.9 Å². The van der Waals surface area contributed by atoms with Gasteiger partial charge < -0.3 is 4.74 Å². The van der Waals surface area contributed by atoms with Crippen LogP contribution in [-0.2, 0) is 14.4 Å². The molecule has 0 saturated carbocycles. The molecule has 33 heavy (non-hydrogen) atoms. The molecule has 2 aliphatic rings. The number of hydrogen-bond donors (Lipinski definition) is 0. The summed E-state index contributed by atoms with van der Waals surface area (Å²) in [7, 11) is 0. The quantitative estimate of drug-likeness (QED) is 0.384. The van der Waals surface area contributed by atoms with Crippen LogP contribution in [0.3, 0.4) is 0 Å². The van der Waals surface area contributed by atoms with Crippen molar-refractivity contribution in [3.63, 3.8) is 0 Å². The zero-order valence-corrected chi connectivity index (χ0v) is 18.5. The summed E-state index contributed by atoms with van der Waals surface area (Å²) in [5.41, 5.74) is 2.27. The molecule has 2 heterocycles. The number of unbranched alkanes of at least 4 members (excludes halogenated alkanes) is 1. The highest BCUT2D eigenvalue weighted by Gasteiger charge is 2.60. The van der Waals surface area contributed by atoms with Crippen LogP contribution in [0.2, 0.25) is 0 Å². The maximum Gasteiger partial charge on any atom is 0.266 e. The standard InChI is InChI=1S/C27H26N2O4/c1-2-3-18-32-22-16-14-20(15-17-22)28-26(30)23-24(19-10-6-4-7-11-19)29(33-25(23)27(28)31)21-12-8-5-9-13-21/h4-17,23-25H,2-3,18H2,1H3. The molecule has 0 radical (unpaired) electrons. The molecular formula is C27H26N2O4. The van der Waals surface area contributed by atoms with Gasteiger partial charge in [0.2, 0.25) is 5.91 Å². The minimum absolute atomic E-state index is 0.253. The second kappa shape index (κ2) is 9.08. The van der Waals surface area contributed by atoms with Crippen molar-refractivity contribution in [2.75, 3.05) is 16.6 Å². The summed E-state index contributed by atoms with van der Waals surface area (Å²) in [5.74, 6) is -0.512. The summed E-state index contributed by atoms with van der Waals surface area (Å²) in [6.45, 7) is 2.75. The lowest BCUT2D eigenvalue weighted by Crippen LogP contribution is -2.37. The minimum atomic E-state index is -0.872. The number of carbonyl (C=O) groups is 2. The van der Waals surface area contributed by atoms with Crippen molar-refractivity contribution in [3.05, 3.63) is 90.5 Å². The summed E-state index contributed by atoms with van der Waals surface area (Å²) >= 11 is 0. The first-order valence-electron chi connectivity index (χ1n) is 11.4. The molecule has 168 valence electrons. The SMILES string of the molecule is CCCCOc1ccc(N2C(=O)C3ON(c4ccccc4)C(c4ccccc4)C3C2=O)cc1. The Kier molecular flexibility index (Phi) is 5.84. The molecule has 2 amide bonds. The summed E-state index contributed by atoms with van der Waals surface area (Å²) in [6, 6.07) is 26.0. The largest absolute Gasteiger partial charge is 0.494 e. The number of para-hydroxylation sites is 1. The molecule has 0 aromatic heterocycles. The molecule has 2 saturated heterocycles. The first-order valence-corrected chi connectivity index (χ1v) is 11.4. The number of benzene rings is 3. The van der Waals surface area contributed by atoms with Crippen molar-refractivity contribution in [1.82, 2.24) is 0 Å². The lowest BCUT2D eigenvalue weighted by molar-refractivity contribution is -0.126. The third-order valence-electron chi connectivity index (χ3n) is 6.13. The van der Waals surface area contributed by atoms with Gasteiger partial charge in [0.1, 0.15) is 11.7 Å². The van der Waals surface area contributed by atoms with Gasteiger partial charge >= 0.3 is 0 Å². The fourth-order valence-corrected chi connectivity index (χ4v) is 4.48. The number of ether oxygens (including phenoxy) is 1. The van der Waals surface area contributed by atoms with Crippen molar-refractivity contribution in [1.29, 1.82) is 0 Å². The van der Waals surface area contributed by atoms with Crippen LogP contribution in [0.5, 0.6) is 5.75 Å². The van der Waals surface area contributed by atoms with E-state index in [1.807, 2.05) is 60.7 Å². The molecule has 2 fully saturated rings. The van der Waals surface area contributed by atoms with Crippen LogP contribution in [-0.4, -0.2) is 24.5 Å². The van der Waals surface area contributed by atoms with E-state index in [1.54, 1.807) is 29.3 Å². The number of rotatable bonds is 7. The number of anilines is 2. The van der Waals surface area contributed by atoms with Gasteiger partial charge in [-0.2, -0.15) is 0 Å². The number of imide groups is 1. The molecule has 3 aromatic rings. The smallest absolute Gasteiger partial charge is 0.266 e. The van der Waals surface area contributed by atoms with Crippen LogP contribution in [0.4, 0.5) is 11.4 Å². The zero-order valence-electron chi connectivity index (χ0n) is 18.5. The third kappa shape index (κ3) is 3.87. The van der Waals surface area contributed by atoms with Crippen molar-refractivity contribution in [3.8, 4) is 5.75 Å². The lowest BCUT2D eigenvalue weighted by atomic mass is 9.90. The molecule has 0 aliphatic carbocycles. The first-order chi connectivity index (χ1) is 16.2. The highest BCUT2D eigenvalue weighted by atomic mass is 16.7. The van der Waals surface area contributed by atoms with E-state index in [9.17, 15) is 9.59 Å². The Morgan fingerprint density at radius 3 is 2.15 bits per heavy atom. The van der Waals surface area contributed by atoms with Gasteiger partial charge in [-0.15, -0.1) is 0 Å². The molecule has 0 bridgehead atoms. The Morgan fingerprint density at radius 1 is 0.818 bits per heavy atom. The van der Waals surface area contributed by atoms with Crippen LogP contribution < -0.4 is 14.7 Å². The monoisotopic (exact) mass is 442 g/mol. The van der Waals surface area contributed by atoms with Gasteiger partial charge in [-0.05, 0) is 48.4 Å². The van der Waals surface area contributed by atoms with E-state index in [0.717, 1.165) is 29.8 Å². The summed E-state index contributed by atoms with van der Waals surface area (Å²) in [4.78, 5) is 34.4. The van der Waals surface area contributed by atoms with Gasteiger partial charge in [-0.1, -0.05) is 61.9 Å². The molecule has 3 aromatic carbocycles. The van der Waals surface area contributed by atoms with Crippen molar-refractivity contribution >= 4 is 23.2 Å². The van der Waals surface area contributed by atoms with Gasteiger partial charge in [0.15, 0.2) is 6.10 Å². The van der Waals surface area contributed by atoms with E-state index in [-0.39, 0.29) is 11.8 Å². The average molecular weight is 443 g/mol. The number of nitrogens with zero attached hydrogens (tertiary/aromatic N) is 2. The minimum Gasteiger partial charge on any atom is -0.494 e. The average Bonchev–Trinajstić information content (AvgIpc) is 3.37. The molecule has 3 unspecified atom stereocenters. The van der Waals surface area contributed by atoms with Crippen LogP contribution >= 0.6 is 0 Å². The van der Waals surface area contributed by atoms with Gasteiger partial charge in [0, 0.05) is 0 Å². The van der Waals surface area contributed by atoms with Crippen molar-refractivity contribution in [2.24, 2.45) is 5.92 Å². The lowest BCUT2D eigenvalue weighted by Gasteiger charge is -2.28. The van der Waals surface area contributed by atoms with E-state index in [0.29, 0.717) is 12.3 Å². The summed E-state index contributed by atoms with van der Waals surface area (Å²) < 4.78 is 5.71. The maximum atomic E-state index is 13.6. The zero-order chi connectivity index (χ0) is 22.8. The molecule has 5 rings (SSSR count). The fraction of sp³-hybridized carbons (Fsp3) is 0.259. The predicted octanol–water partition coefficient (Wildman–Crippen LogP) is 4.92. The number of fused-ring (bicyclic) bond motifs is 1. The second-order valence-corrected chi connectivity index (χ2v) is 8.28. The Balaban J connectivity index is 1.45. The molecule has 3 atom stereocenters. The van der Waals surface area contributed by atoms with E-state index >= 15 is 0 Å². The Bertz CT molecular complexity index is 1120. The van der Waals surface area contributed by atoms with E-state index in [1.165, 1.54) is 4.90 Å². The number of amides is 2. The van der Waals surface area contributed by atoms with Gasteiger partial charge in [0.05, 0.1) is 24.0 Å². The Hall–Kier alpha value is -3.64. The Labute approximate surface area is 193 Å². The summed E-state index contributed by atoms with van der Waals surface area (Å²) in [5, 5.41) is 1.71. The van der Waals surface area contributed by atoms with Crippen molar-refractivity contribution < 1.29 is 19.2 Å². The van der Waals surface area contributed by atoms with Crippen LogP contribution in [0.1, 0.15) is 31.4 Å². The highest BCUT2D eigenvalue weighted by Crippen LogP contribution is 2.47. The van der Waals surface area contributed by atoms with E-state index < -0.39 is 18.1 Å². The number of carbonyl (C=O) groups excluding carboxylic acids is 2. The number of hydroxylamine groups is 1. The predicted molar refractivity (Wildman–Crippen MR) is 126 cm³/mol. The highest BCUT2D eigenvalue weighted by molar-refractivity contribution is 6.23. The van der Waals surface area contributed by atoms with Gasteiger partial charge in [0.25, 0.3) is 5.91 Å². The van der Waals surface area contributed by atoms with E-state index in [2.05, 4.69) is 6.92 Å². The van der Waals surface area contributed by atoms with Crippen LogP contribution in [0.15, 0.2) is 84.9 Å². The molecule has 2 aliphatic heterocycles.